The second-order valence-electron chi connectivity index (χ2n) is 8.72. The summed E-state index contributed by atoms with van der Waals surface area (Å²) < 4.78 is 21.7. The molecule has 0 unspecified atom stereocenters. The van der Waals surface area contributed by atoms with Crippen LogP contribution in [0.1, 0.15) is 12.5 Å². The molecule has 1 aliphatic rings. The van der Waals surface area contributed by atoms with E-state index in [-0.39, 0.29) is 11.5 Å². The standard InChI is InChI=1S/C30H29N3O8S/c1-4-40-23-8-6-5-7-22(23)32-28(35)18-41-24-14-9-19(15-25(24)39-3)16-26-29(36)33(30(37)42-26)17-27(34)31-20-10-12-21(38-2)13-11-20/h5-16H,4,17-18H2,1-3H3,(H,31,34)(H,32,35)/b26-16+. The van der Waals surface area contributed by atoms with Gasteiger partial charge in [-0.15, -0.1) is 0 Å². The van der Waals surface area contributed by atoms with E-state index in [4.69, 9.17) is 18.9 Å². The Labute approximate surface area is 246 Å². The lowest BCUT2D eigenvalue weighted by molar-refractivity contribution is -0.127. The molecule has 0 saturated carbocycles. The third-order valence-corrected chi connectivity index (χ3v) is 6.76. The van der Waals surface area contributed by atoms with Gasteiger partial charge >= 0.3 is 0 Å². The molecule has 1 heterocycles. The molecule has 4 amide bonds. The number of imide groups is 1. The van der Waals surface area contributed by atoms with Gasteiger partial charge in [-0.25, -0.2) is 0 Å². The van der Waals surface area contributed by atoms with Crippen LogP contribution < -0.4 is 29.6 Å². The predicted octanol–water partition coefficient (Wildman–Crippen LogP) is 4.80. The summed E-state index contributed by atoms with van der Waals surface area (Å²) in [5.41, 5.74) is 1.59. The molecule has 218 valence electrons. The van der Waals surface area contributed by atoms with E-state index in [0.29, 0.717) is 46.5 Å². The lowest BCUT2D eigenvalue weighted by Gasteiger charge is -2.13. The number of ether oxygens (including phenoxy) is 4. The predicted molar refractivity (Wildman–Crippen MR) is 159 cm³/mol. The molecule has 3 aromatic rings. The number of nitrogens with one attached hydrogen (secondary N) is 2. The van der Waals surface area contributed by atoms with Crippen molar-refractivity contribution in [3.8, 4) is 23.0 Å². The summed E-state index contributed by atoms with van der Waals surface area (Å²) in [6, 6.07) is 18.6. The van der Waals surface area contributed by atoms with Gasteiger partial charge < -0.3 is 29.6 Å². The van der Waals surface area contributed by atoms with Crippen LogP contribution in [-0.4, -0.2) is 61.8 Å². The maximum absolute atomic E-state index is 12.9. The number of nitrogens with zero attached hydrogens (tertiary/aromatic N) is 1. The fourth-order valence-corrected chi connectivity index (χ4v) is 4.72. The molecule has 12 heteroatoms. The fourth-order valence-electron chi connectivity index (χ4n) is 3.88. The highest BCUT2D eigenvalue weighted by molar-refractivity contribution is 8.18. The Morgan fingerprint density at radius 1 is 0.857 bits per heavy atom. The number of hydrogen-bond donors (Lipinski definition) is 2. The van der Waals surface area contributed by atoms with Crippen molar-refractivity contribution in [3.05, 3.63) is 77.2 Å². The number of para-hydroxylation sites is 2. The Bertz CT molecular complexity index is 1510. The quantitative estimate of drug-likeness (QED) is 0.285. The van der Waals surface area contributed by atoms with E-state index >= 15 is 0 Å². The molecule has 3 aromatic carbocycles. The molecule has 0 aromatic heterocycles. The summed E-state index contributed by atoms with van der Waals surface area (Å²) >= 11 is 0.734. The Morgan fingerprint density at radius 2 is 1.62 bits per heavy atom. The smallest absolute Gasteiger partial charge is 0.294 e. The Balaban J connectivity index is 1.37. The number of carbonyl (C=O) groups excluding carboxylic acids is 4. The first kappa shape index (κ1) is 30.0. The fraction of sp³-hybridized carbons (Fsp3) is 0.200. The third-order valence-electron chi connectivity index (χ3n) is 5.85. The zero-order valence-corrected chi connectivity index (χ0v) is 24.0. The van der Waals surface area contributed by atoms with Crippen LogP contribution in [0.15, 0.2) is 71.6 Å². The van der Waals surface area contributed by atoms with Crippen LogP contribution >= 0.6 is 11.8 Å². The second-order valence-corrected chi connectivity index (χ2v) is 9.71. The van der Waals surface area contributed by atoms with Crippen molar-refractivity contribution in [2.45, 2.75) is 6.92 Å². The van der Waals surface area contributed by atoms with E-state index in [1.807, 2.05) is 13.0 Å². The zero-order chi connectivity index (χ0) is 30.1. The Morgan fingerprint density at radius 3 is 2.33 bits per heavy atom. The Kier molecular flexibility index (Phi) is 10.1. The van der Waals surface area contributed by atoms with Crippen molar-refractivity contribution in [1.29, 1.82) is 0 Å². The van der Waals surface area contributed by atoms with Gasteiger partial charge in [-0.1, -0.05) is 18.2 Å². The van der Waals surface area contributed by atoms with Crippen molar-refractivity contribution < 1.29 is 38.1 Å². The average Bonchev–Trinajstić information content (AvgIpc) is 3.25. The summed E-state index contributed by atoms with van der Waals surface area (Å²) in [5, 5.41) is 4.86. The summed E-state index contributed by atoms with van der Waals surface area (Å²) in [6.45, 7) is 1.60. The molecule has 4 rings (SSSR count). The van der Waals surface area contributed by atoms with Crippen molar-refractivity contribution in [3.63, 3.8) is 0 Å². The number of benzene rings is 3. The number of amides is 4. The third kappa shape index (κ3) is 7.61. The molecule has 2 N–H and O–H groups in total. The van der Waals surface area contributed by atoms with Crippen LogP contribution in [0.5, 0.6) is 23.0 Å². The number of hydrogen-bond acceptors (Lipinski definition) is 9. The lowest BCUT2D eigenvalue weighted by atomic mass is 10.2. The van der Waals surface area contributed by atoms with Gasteiger partial charge in [0.1, 0.15) is 18.0 Å². The topological polar surface area (TPSA) is 132 Å². The van der Waals surface area contributed by atoms with E-state index in [2.05, 4.69) is 10.6 Å². The van der Waals surface area contributed by atoms with Gasteiger partial charge in [-0.2, -0.15) is 0 Å². The van der Waals surface area contributed by atoms with Crippen LogP contribution in [0.2, 0.25) is 0 Å². The molecule has 11 nitrogen and oxygen atoms in total. The molecule has 1 aliphatic heterocycles. The molecule has 0 aliphatic carbocycles. The average molecular weight is 592 g/mol. The van der Waals surface area contributed by atoms with Crippen molar-refractivity contribution >= 4 is 52.2 Å². The monoisotopic (exact) mass is 591 g/mol. The largest absolute Gasteiger partial charge is 0.497 e. The molecule has 0 bridgehead atoms. The van der Waals surface area contributed by atoms with E-state index in [9.17, 15) is 19.2 Å². The van der Waals surface area contributed by atoms with Gasteiger partial charge in [0, 0.05) is 5.69 Å². The highest BCUT2D eigenvalue weighted by atomic mass is 32.2. The van der Waals surface area contributed by atoms with E-state index in [1.54, 1.807) is 60.7 Å². The van der Waals surface area contributed by atoms with Gasteiger partial charge in [0.15, 0.2) is 18.1 Å². The van der Waals surface area contributed by atoms with Crippen molar-refractivity contribution in [2.75, 3.05) is 44.6 Å². The number of carbonyl (C=O) groups is 4. The molecule has 0 atom stereocenters. The van der Waals surface area contributed by atoms with Gasteiger partial charge in [-0.05, 0) is 78.9 Å². The molecular weight excluding hydrogens is 562 g/mol. The van der Waals surface area contributed by atoms with E-state index < -0.39 is 29.5 Å². The minimum atomic E-state index is -0.585. The van der Waals surface area contributed by atoms with Crippen LogP contribution in [0, 0.1) is 0 Å². The van der Waals surface area contributed by atoms with Crippen molar-refractivity contribution in [1.82, 2.24) is 4.90 Å². The van der Waals surface area contributed by atoms with E-state index in [1.165, 1.54) is 20.3 Å². The lowest BCUT2D eigenvalue weighted by Crippen LogP contribution is -2.36. The van der Waals surface area contributed by atoms with Gasteiger partial charge in [0.25, 0.3) is 17.1 Å². The Hall–Kier alpha value is -4.97. The van der Waals surface area contributed by atoms with Crippen LogP contribution in [0.3, 0.4) is 0 Å². The van der Waals surface area contributed by atoms with Gasteiger partial charge in [-0.3, -0.25) is 24.1 Å². The summed E-state index contributed by atoms with van der Waals surface area (Å²) in [4.78, 5) is 51.4. The number of methoxy groups -OCH3 is 2. The van der Waals surface area contributed by atoms with Crippen molar-refractivity contribution in [2.24, 2.45) is 0 Å². The van der Waals surface area contributed by atoms with E-state index in [0.717, 1.165) is 16.7 Å². The zero-order valence-electron chi connectivity index (χ0n) is 23.2. The highest BCUT2D eigenvalue weighted by Gasteiger charge is 2.36. The molecule has 0 radical (unpaired) electrons. The van der Waals surface area contributed by atoms with Gasteiger partial charge in [0.2, 0.25) is 5.91 Å². The molecular formula is C30H29N3O8S. The summed E-state index contributed by atoms with van der Waals surface area (Å²) in [6.07, 6.45) is 1.52. The molecule has 0 spiro atoms. The molecule has 1 fully saturated rings. The maximum Gasteiger partial charge on any atom is 0.294 e. The summed E-state index contributed by atoms with van der Waals surface area (Å²) in [5.74, 6) is 0.326. The SMILES string of the molecule is CCOc1ccccc1NC(=O)COc1ccc(/C=C2/SC(=O)N(CC(=O)Nc3ccc(OC)cc3)C2=O)cc1OC. The van der Waals surface area contributed by atoms with Gasteiger partial charge in [0.05, 0.1) is 31.4 Å². The highest BCUT2D eigenvalue weighted by Crippen LogP contribution is 2.34. The maximum atomic E-state index is 12.9. The minimum absolute atomic E-state index is 0.153. The molecule has 1 saturated heterocycles. The number of thioether (sulfide) groups is 1. The van der Waals surface area contributed by atoms with Crippen LogP contribution in [0.4, 0.5) is 16.2 Å². The number of anilines is 2. The first-order chi connectivity index (χ1) is 20.3. The normalized spacial score (nSPS) is 13.6. The van der Waals surface area contributed by atoms with Crippen LogP contribution in [-0.2, 0) is 14.4 Å². The first-order valence-electron chi connectivity index (χ1n) is 12.8. The summed E-state index contributed by atoms with van der Waals surface area (Å²) in [7, 11) is 2.98. The van der Waals surface area contributed by atoms with Crippen LogP contribution in [0.25, 0.3) is 6.08 Å². The first-order valence-corrected chi connectivity index (χ1v) is 13.6. The second kappa shape index (κ2) is 14.1. The molecule has 42 heavy (non-hydrogen) atoms. The minimum Gasteiger partial charge on any atom is -0.497 e. The number of rotatable bonds is 12.